The first kappa shape index (κ1) is 13.0. The van der Waals surface area contributed by atoms with Crippen LogP contribution >= 0.6 is 0 Å². The van der Waals surface area contributed by atoms with Gasteiger partial charge in [-0.15, -0.1) is 5.10 Å². The maximum atomic E-state index is 10.8. The van der Waals surface area contributed by atoms with Gasteiger partial charge >= 0.3 is 6.09 Å². The van der Waals surface area contributed by atoms with Gasteiger partial charge in [0.15, 0.2) is 5.82 Å². The predicted molar refractivity (Wildman–Crippen MR) is 68.1 cm³/mol. The molecular formula is C12H15N5O2. The van der Waals surface area contributed by atoms with Crippen LogP contribution in [0.25, 0.3) is 11.4 Å². The molecule has 0 radical (unpaired) electrons. The van der Waals surface area contributed by atoms with Crippen LogP contribution in [-0.2, 0) is 11.2 Å². The first-order valence-corrected chi connectivity index (χ1v) is 5.78. The number of hydrogen-bond donors (Lipinski definition) is 2. The van der Waals surface area contributed by atoms with Gasteiger partial charge in [0.25, 0.3) is 0 Å². The topological polar surface area (TPSA) is 107 Å². The van der Waals surface area contributed by atoms with Crippen molar-refractivity contribution in [3.05, 3.63) is 29.8 Å². The Balaban J connectivity index is 2.09. The summed E-state index contributed by atoms with van der Waals surface area (Å²) in [7, 11) is 0. The molecule has 3 N–H and O–H groups in total. The van der Waals surface area contributed by atoms with Crippen LogP contribution in [-0.4, -0.2) is 32.3 Å². The number of amides is 1. The number of hydrogen-bond acceptors (Lipinski definition) is 5. The van der Waals surface area contributed by atoms with Crippen molar-refractivity contribution in [2.24, 2.45) is 5.73 Å². The average Bonchev–Trinajstić information content (AvgIpc) is 2.81. The lowest BCUT2D eigenvalue weighted by Gasteiger charge is -2.24. The first-order valence-electron chi connectivity index (χ1n) is 5.78. The number of aromatic nitrogens is 4. The number of aromatic amines is 1. The highest BCUT2D eigenvalue weighted by Crippen LogP contribution is 2.20. The summed E-state index contributed by atoms with van der Waals surface area (Å²) < 4.78 is 5.04. The number of rotatable bonds is 4. The van der Waals surface area contributed by atoms with Gasteiger partial charge in [-0.1, -0.05) is 24.3 Å². The fraction of sp³-hybridized carbons (Fsp3) is 0.333. The number of carbonyl (C=O) groups excluding carboxylic acids is 1. The highest BCUT2D eigenvalue weighted by Gasteiger charge is 2.22. The number of nitrogens with two attached hydrogens (primary N) is 1. The van der Waals surface area contributed by atoms with Gasteiger partial charge in [-0.2, -0.15) is 0 Å². The largest absolute Gasteiger partial charge is 0.443 e. The van der Waals surface area contributed by atoms with Gasteiger partial charge in [-0.3, -0.25) is 0 Å². The Kier molecular flexibility index (Phi) is 3.46. The van der Waals surface area contributed by atoms with Gasteiger partial charge in [-0.25, -0.2) is 9.89 Å². The molecule has 0 unspecified atom stereocenters. The summed E-state index contributed by atoms with van der Waals surface area (Å²) >= 11 is 0. The Labute approximate surface area is 110 Å². The van der Waals surface area contributed by atoms with E-state index in [1.54, 1.807) is 0 Å². The molecule has 0 aliphatic rings. The maximum Gasteiger partial charge on any atom is 0.405 e. The number of nitrogens with one attached hydrogen (secondary N) is 1. The highest BCUT2D eigenvalue weighted by molar-refractivity contribution is 5.65. The summed E-state index contributed by atoms with van der Waals surface area (Å²) in [5.41, 5.74) is 6.32. The molecule has 7 heteroatoms. The number of tetrazole rings is 1. The van der Waals surface area contributed by atoms with Crippen LogP contribution in [0.4, 0.5) is 4.79 Å². The molecule has 0 aliphatic heterocycles. The molecule has 2 rings (SSSR count). The lowest BCUT2D eigenvalue weighted by atomic mass is 9.97. The molecule has 0 fully saturated rings. The molecule has 1 amide bonds. The van der Waals surface area contributed by atoms with E-state index in [2.05, 4.69) is 20.6 Å². The number of nitrogens with zero attached hydrogens (tertiary/aromatic N) is 3. The first-order chi connectivity index (χ1) is 8.96. The minimum atomic E-state index is -0.769. The molecule has 1 aromatic heterocycles. The van der Waals surface area contributed by atoms with Crippen LogP contribution in [0.5, 0.6) is 0 Å². The van der Waals surface area contributed by atoms with E-state index in [1.807, 2.05) is 38.1 Å². The fourth-order valence-corrected chi connectivity index (χ4v) is 1.86. The molecule has 100 valence electrons. The maximum absolute atomic E-state index is 10.8. The highest BCUT2D eigenvalue weighted by atomic mass is 16.6. The number of ether oxygens (including phenoxy) is 1. The van der Waals surface area contributed by atoms with E-state index in [4.69, 9.17) is 10.5 Å². The molecule has 7 nitrogen and oxygen atoms in total. The van der Waals surface area contributed by atoms with Crippen LogP contribution in [0.15, 0.2) is 24.3 Å². The molecule has 2 aromatic rings. The SMILES string of the molecule is CC(C)(Cc1ccc(-c2nnn[nH]2)cc1)OC(N)=O. The minimum absolute atomic E-state index is 0.574. The van der Waals surface area contributed by atoms with Crippen molar-refractivity contribution in [2.45, 2.75) is 25.9 Å². The van der Waals surface area contributed by atoms with Crippen LogP contribution in [0.3, 0.4) is 0 Å². The number of primary amides is 1. The molecule has 19 heavy (non-hydrogen) atoms. The molecule has 1 aromatic carbocycles. The van der Waals surface area contributed by atoms with E-state index in [9.17, 15) is 4.79 Å². The smallest absolute Gasteiger partial charge is 0.405 e. The van der Waals surface area contributed by atoms with Crippen molar-refractivity contribution in [3.63, 3.8) is 0 Å². The summed E-state index contributed by atoms with van der Waals surface area (Å²) in [6.45, 7) is 3.62. The van der Waals surface area contributed by atoms with Gasteiger partial charge in [0.2, 0.25) is 0 Å². The second-order valence-corrected chi connectivity index (χ2v) is 4.80. The molecule has 0 saturated carbocycles. The van der Waals surface area contributed by atoms with Crippen molar-refractivity contribution < 1.29 is 9.53 Å². The van der Waals surface area contributed by atoms with Crippen molar-refractivity contribution >= 4 is 6.09 Å². The molecule has 0 bridgehead atoms. The molecule has 0 spiro atoms. The Morgan fingerprint density at radius 2 is 2.05 bits per heavy atom. The molecule has 0 saturated heterocycles. The summed E-state index contributed by atoms with van der Waals surface area (Å²) in [6.07, 6.45) is -0.195. The standard InChI is InChI=1S/C12H15N5O2/c1-12(2,19-11(13)18)7-8-3-5-9(6-4-8)10-14-16-17-15-10/h3-6H,7H2,1-2H3,(H2,13,18)(H,14,15,16,17). The number of H-pyrrole nitrogens is 1. The van der Waals surface area contributed by atoms with Gasteiger partial charge in [0.1, 0.15) is 5.60 Å². The summed E-state index contributed by atoms with van der Waals surface area (Å²) in [4.78, 5) is 10.8. The van der Waals surface area contributed by atoms with Crippen molar-refractivity contribution in [1.82, 2.24) is 20.6 Å². The summed E-state index contributed by atoms with van der Waals surface area (Å²) in [5.74, 6) is 0.610. The lowest BCUT2D eigenvalue weighted by Crippen LogP contribution is -2.33. The van der Waals surface area contributed by atoms with Gasteiger partial charge < -0.3 is 10.5 Å². The lowest BCUT2D eigenvalue weighted by molar-refractivity contribution is 0.0460. The molecule has 0 atom stereocenters. The zero-order valence-electron chi connectivity index (χ0n) is 10.8. The van der Waals surface area contributed by atoms with Gasteiger partial charge in [-0.05, 0) is 29.8 Å². The van der Waals surface area contributed by atoms with E-state index in [0.717, 1.165) is 11.1 Å². The van der Waals surface area contributed by atoms with Gasteiger partial charge in [0.05, 0.1) is 0 Å². The molecular weight excluding hydrogens is 246 g/mol. The van der Waals surface area contributed by atoms with Crippen LogP contribution in [0, 0.1) is 0 Å². The van der Waals surface area contributed by atoms with Crippen molar-refractivity contribution in [3.8, 4) is 11.4 Å². The van der Waals surface area contributed by atoms with Crippen LogP contribution in [0.1, 0.15) is 19.4 Å². The number of carbonyl (C=O) groups is 1. The summed E-state index contributed by atoms with van der Waals surface area (Å²) in [5, 5.41) is 13.6. The van der Waals surface area contributed by atoms with Crippen molar-refractivity contribution in [1.29, 1.82) is 0 Å². The third-order valence-electron chi connectivity index (χ3n) is 2.58. The van der Waals surface area contributed by atoms with Crippen LogP contribution < -0.4 is 5.73 Å². The second kappa shape index (κ2) is 5.05. The average molecular weight is 261 g/mol. The van der Waals surface area contributed by atoms with Crippen molar-refractivity contribution in [2.75, 3.05) is 0 Å². The molecule has 0 aliphatic carbocycles. The van der Waals surface area contributed by atoms with Crippen LogP contribution in [0.2, 0.25) is 0 Å². The quantitative estimate of drug-likeness (QED) is 0.862. The van der Waals surface area contributed by atoms with E-state index in [-0.39, 0.29) is 0 Å². The van der Waals surface area contributed by atoms with E-state index in [0.29, 0.717) is 12.2 Å². The monoisotopic (exact) mass is 261 g/mol. The fourth-order valence-electron chi connectivity index (χ4n) is 1.86. The number of benzene rings is 1. The molecule has 1 heterocycles. The zero-order valence-corrected chi connectivity index (χ0v) is 10.8. The third kappa shape index (κ3) is 3.51. The van der Waals surface area contributed by atoms with E-state index < -0.39 is 11.7 Å². The normalized spacial score (nSPS) is 11.3. The minimum Gasteiger partial charge on any atom is -0.443 e. The predicted octanol–water partition coefficient (Wildman–Crippen LogP) is 1.28. The Bertz CT molecular complexity index is 548. The third-order valence-corrected chi connectivity index (χ3v) is 2.58. The Morgan fingerprint density at radius 1 is 1.37 bits per heavy atom. The second-order valence-electron chi connectivity index (χ2n) is 4.80. The Hall–Kier alpha value is -2.44. The van der Waals surface area contributed by atoms with E-state index in [1.165, 1.54) is 0 Å². The summed E-state index contributed by atoms with van der Waals surface area (Å²) in [6, 6.07) is 7.67. The zero-order chi connectivity index (χ0) is 13.9. The van der Waals surface area contributed by atoms with Gasteiger partial charge in [0, 0.05) is 12.0 Å². The van der Waals surface area contributed by atoms with E-state index >= 15 is 0 Å². The Morgan fingerprint density at radius 3 is 2.58 bits per heavy atom.